The second-order valence-corrected chi connectivity index (χ2v) is 3.72. The molecule has 14 heavy (non-hydrogen) atoms. The predicted octanol–water partition coefficient (Wildman–Crippen LogP) is -0.830. The number of hydrogen-bond donors (Lipinski definition) is 2. The lowest BCUT2D eigenvalue weighted by molar-refractivity contribution is -0.125. The minimum atomic E-state index is -0.328. The molecule has 5 nitrogen and oxygen atoms in total. The van der Waals surface area contributed by atoms with E-state index < -0.39 is 0 Å². The average Bonchev–Trinajstić information content (AvgIpc) is 2.47. The molecule has 0 spiro atoms. The molecule has 2 amide bonds. The number of carbonyl (C=O) groups is 2. The van der Waals surface area contributed by atoms with E-state index in [0.717, 1.165) is 26.1 Å². The maximum Gasteiger partial charge on any atom is 0.244 e. The smallest absolute Gasteiger partial charge is 0.244 e. The molecule has 0 aliphatic carbocycles. The summed E-state index contributed by atoms with van der Waals surface area (Å²) in [6.45, 7) is 1.47. The third-order valence-corrected chi connectivity index (χ3v) is 2.63. The largest absolute Gasteiger partial charge is 0.381 e. The zero-order valence-electron chi connectivity index (χ0n) is 7.91. The van der Waals surface area contributed by atoms with E-state index >= 15 is 0 Å². The van der Waals surface area contributed by atoms with Crippen molar-refractivity contribution in [1.82, 2.24) is 10.6 Å². The Bertz CT molecular complexity index is 248. The Balaban J connectivity index is 1.84. The Labute approximate surface area is 82.2 Å². The number of amides is 2. The fourth-order valence-corrected chi connectivity index (χ4v) is 1.84. The number of rotatable bonds is 2. The molecule has 0 bridgehead atoms. The van der Waals surface area contributed by atoms with Crippen LogP contribution in [0.2, 0.25) is 0 Å². The van der Waals surface area contributed by atoms with Gasteiger partial charge in [0.1, 0.15) is 0 Å². The van der Waals surface area contributed by atoms with Gasteiger partial charge in [-0.15, -0.1) is 0 Å². The molecule has 0 radical (unpaired) electrons. The lowest BCUT2D eigenvalue weighted by atomic mass is 10.1. The van der Waals surface area contributed by atoms with Crippen LogP contribution < -0.4 is 10.6 Å². The topological polar surface area (TPSA) is 67.4 Å². The van der Waals surface area contributed by atoms with Crippen molar-refractivity contribution in [2.45, 2.75) is 31.3 Å². The van der Waals surface area contributed by atoms with Crippen molar-refractivity contribution in [2.75, 3.05) is 13.2 Å². The molecular weight excluding hydrogens is 184 g/mol. The Morgan fingerprint density at radius 2 is 2.00 bits per heavy atom. The number of nitrogens with one attached hydrogen (secondary N) is 2. The number of imide groups is 1. The van der Waals surface area contributed by atoms with Crippen molar-refractivity contribution in [2.24, 2.45) is 0 Å². The van der Waals surface area contributed by atoms with Crippen LogP contribution in [0.25, 0.3) is 0 Å². The second kappa shape index (κ2) is 4.06. The molecular formula is C9H14N2O3. The lowest BCUT2D eigenvalue weighted by Gasteiger charge is -2.25. The lowest BCUT2D eigenvalue weighted by Crippen LogP contribution is -2.45. The van der Waals surface area contributed by atoms with Gasteiger partial charge in [-0.05, 0) is 12.8 Å². The van der Waals surface area contributed by atoms with Crippen LogP contribution in [0.15, 0.2) is 0 Å². The van der Waals surface area contributed by atoms with Crippen LogP contribution in [-0.2, 0) is 14.3 Å². The summed E-state index contributed by atoms with van der Waals surface area (Å²) in [7, 11) is 0. The highest BCUT2D eigenvalue weighted by Gasteiger charge is 2.32. The van der Waals surface area contributed by atoms with Crippen molar-refractivity contribution in [3.05, 3.63) is 0 Å². The van der Waals surface area contributed by atoms with E-state index in [4.69, 9.17) is 4.74 Å². The van der Waals surface area contributed by atoms with Gasteiger partial charge < -0.3 is 10.1 Å². The average molecular weight is 198 g/mol. The molecule has 0 aromatic rings. The standard InChI is InChI=1S/C9H14N2O3/c12-8-5-7(9(13)11-8)10-6-1-3-14-4-2-6/h6-7,10H,1-5H2,(H,11,12,13)/t7-/m0/s1. The third-order valence-electron chi connectivity index (χ3n) is 2.63. The van der Waals surface area contributed by atoms with Gasteiger partial charge in [-0.2, -0.15) is 0 Å². The van der Waals surface area contributed by atoms with Gasteiger partial charge in [-0.25, -0.2) is 0 Å². The minimum Gasteiger partial charge on any atom is -0.381 e. The highest BCUT2D eigenvalue weighted by Crippen LogP contribution is 2.10. The quantitative estimate of drug-likeness (QED) is 0.568. The zero-order valence-corrected chi connectivity index (χ0v) is 7.91. The Hall–Kier alpha value is -0.940. The van der Waals surface area contributed by atoms with E-state index in [1.807, 2.05) is 0 Å². The van der Waals surface area contributed by atoms with Crippen LogP contribution in [0.1, 0.15) is 19.3 Å². The number of ether oxygens (including phenoxy) is 1. The SMILES string of the molecule is O=C1C[C@H](NC2CCOCC2)C(=O)N1. The monoisotopic (exact) mass is 198 g/mol. The molecule has 2 N–H and O–H groups in total. The fourth-order valence-electron chi connectivity index (χ4n) is 1.84. The third kappa shape index (κ3) is 2.10. The van der Waals surface area contributed by atoms with E-state index in [9.17, 15) is 9.59 Å². The first-order valence-electron chi connectivity index (χ1n) is 4.93. The summed E-state index contributed by atoms with van der Waals surface area (Å²) in [5.74, 6) is -0.374. The van der Waals surface area contributed by atoms with Crippen LogP contribution in [-0.4, -0.2) is 37.1 Å². The van der Waals surface area contributed by atoms with Crippen LogP contribution in [0, 0.1) is 0 Å². The summed E-state index contributed by atoms with van der Waals surface area (Å²) in [5.41, 5.74) is 0. The van der Waals surface area contributed by atoms with Crippen molar-refractivity contribution < 1.29 is 14.3 Å². The molecule has 2 rings (SSSR count). The predicted molar refractivity (Wildman–Crippen MR) is 48.5 cm³/mol. The summed E-state index contributed by atoms with van der Waals surface area (Å²) in [6, 6.07) is -0.0176. The van der Waals surface area contributed by atoms with Crippen LogP contribution in [0.5, 0.6) is 0 Å². The molecule has 5 heteroatoms. The zero-order chi connectivity index (χ0) is 9.97. The maximum atomic E-state index is 11.2. The van der Waals surface area contributed by atoms with Gasteiger partial charge in [0.25, 0.3) is 0 Å². The molecule has 2 fully saturated rings. The first kappa shape index (κ1) is 9.61. The molecule has 2 aliphatic heterocycles. The van der Waals surface area contributed by atoms with Gasteiger partial charge in [-0.3, -0.25) is 14.9 Å². The Kier molecular flexibility index (Phi) is 2.79. The molecule has 2 heterocycles. The highest BCUT2D eigenvalue weighted by atomic mass is 16.5. The highest BCUT2D eigenvalue weighted by molar-refractivity contribution is 6.05. The summed E-state index contributed by atoms with van der Waals surface area (Å²) in [6.07, 6.45) is 2.10. The van der Waals surface area contributed by atoms with Crippen molar-refractivity contribution in [3.8, 4) is 0 Å². The summed E-state index contributed by atoms with van der Waals surface area (Å²) in [5, 5.41) is 5.47. The van der Waals surface area contributed by atoms with Gasteiger partial charge >= 0.3 is 0 Å². The van der Waals surface area contributed by atoms with Crippen LogP contribution >= 0.6 is 0 Å². The van der Waals surface area contributed by atoms with Crippen molar-refractivity contribution in [1.29, 1.82) is 0 Å². The van der Waals surface area contributed by atoms with Gasteiger partial charge in [0, 0.05) is 19.3 Å². The summed E-state index contributed by atoms with van der Waals surface area (Å²) < 4.78 is 5.20. The molecule has 78 valence electrons. The number of carbonyl (C=O) groups excluding carboxylic acids is 2. The molecule has 0 aromatic carbocycles. The van der Waals surface area contributed by atoms with Crippen molar-refractivity contribution >= 4 is 11.8 Å². The van der Waals surface area contributed by atoms with Crippen molar-refractivity contribution in [3.63, 3.8) is 0 Å². The van der Waals surface area contributed by atoms with E-state index in [1.165, 1.54) is 0 Å². The molecule has 1 atom stereocenters. The summed E-state index contributed by atoms with van der Waals surface area (Å²) >= 11 is 0. The van der Waals surface area contributed by atoms with Gasteiger partial charge in [-0.1, -0.05) is 0 Å². The van der Waals surface area contributed by atoms with E-state index in [1.54, 1.807) is 0 Å². The maximum absolute atomic E-state index is 11.2. The van der Waals surface area contributed by atoms with Gasteiger partial charge in [0.05, 0.1) is 12.5 Å². The van der Waals surface area contributed by atoms with Gasteiger partial charge in [0.2, 0.25) is 11.8 Å². The Morgan fingerprint density at radius 3 is 2.57 bits per heavy atom. The van der Waals surface area contributed by atoms with Crippen LogP contribution in [0.4, 0.5) is 0 Å². The minimum absolute atomic E-state index is 0.181. The molecule has 2 aliphatic rings. The molecule has 0 unspecified atom stereocenters. The van der Waals surface area contributed by atoms with E-state index in [2.05, 4.69) is 10.6 Å². The summed E-state index contributed by atoms with van der Waals surface area (Å²) in [4.78, 5) is 22.1. The molecule has 0 aromatic heterocycles. The normalized spacial score (nSPS) is 29.3. The Morgan fingerprint density at radius 1 is 1.29 bits per heavy atom. The van der Waals surface area contributed by atoms with E-state index in [0.29, 0.717) is 6.04 Å². The van der Waals surface area contributed by atoms with E-state index in [-0.39, 0.29) is 24.3 Å². The molecule has 0 saturated carbocycles. The number of hydrogen-bond acceptors (Lipinski definition) is 4. The van der Waals surface area contributed by atoms with Crippen LogP contribution in [0.3, 0.4) is 0 Å². The van der Waals surface area contributed by atoms with Gasteiger partial charge in [0.15, 0.2) is 0 Å². The fraction of sp³-hybridized carbons (Fsp3) is 0.778. The first-order chi connectivity index (χ1) is 6.75. The molecule has 2 saturated heterocycles. The second-order valence-electron chi connectivity index (χ2n) is 3.72. The first-order valence-corrected chi connectivity index (χ1v) is 4.93.